The van der Waals surface area contributed by atoms with Crippen molar-refractivity contribution in [1.82, 2.24) is 0 Å². The molecule has 0 fully saturated rings. The second-order valence-corrected chi connectivity index (χ2v) is 22.5. The summed E-state index contributed by atoms with van der Waals surface area (Å²) in [5.41, 5.74) is 4.77. The average Bonchev–Trinajstić information content (AvgIpc) is 2.70. The van der Waals surface area contributed by atoms with Crippen LogP contribution in [0, 0.1) is 0 Å². The highest BCUT2D eigenvalue weighted by Crippen LogP contribution is 2.39. The molecular weight excluding hydrogens is 504 g/mol. The Bertz CT molecular complexity index is 952. The smallest absolute Gasteiger partial charge is 0.192 e. The van der Waals surface area contributed by atoms with Gasteiger partial charge < -0.3 is 8.85 Å². The van der Waals surface area contributed by atoms with Crippen LogP contribution in [0.15, 0.2) is 48.5 Å². The van der Waals surface area contributed by atoms with Gasteiger partial charge in [-0.15, -0.1) is 0 Å². The Morgan fingerprint density at radius 1 is 0.758 bits per heavy atom. The summed E-state index contributed by atoms with van der Waals surface area (Å²) in [6.45, 7) is 24.2. The SMILES string of the molecule is CC(C)(C)[Si](C)(C)OCc1ccc(C(Br)=Cc2ccccc2)cc1CO[Si](C)(C)C(C)(C)C. The van der Waals surface area contributed by atoms with Crippen LogP contribution in [0.1, 0.15) is 63.8 Å². The quantitative estimate of drug-likeness (QED) is 0.242. The van der Waals surface area contributed by atoms with E-state index in [-0.39, 0.29) is 10.1 Å². The predicted molar refractivity (Wildman–Crippen MR) is 154 cm³/mol. The van der Waals surface area contributed by atoms with Crippen LogP contribution >= 0.6 is 15.9 Å². The molecule has 2 aromatic rings. The van der Waals surface area contributed by atoms with Crippen molar-refractivity contribution >= 4 is 43.1 Å². The van der Waals surface area contributed by atoms with E-state index in [2.05, 4.69) is 132 Å². The van der Waals surface area contributed by atoms with E-state index in [0.717, 1.165) is 10.0 Å². The van der Waals surface area contributed by atoms with E-state index in [0.29, 0.717) is 13.2 Å². The molecule has 33 heavy (non-hydrogen) atoms. The fourth-order valence-corrected chi connectivity index (χ4v) is 5.19. The number of halogens is 1. The first-order valence-electron chi connectivity index (χ1n) is 11.9. The lowest BCUT2D eigenvalue weighted by atomic mass is 10.0. The van der Waals surface area contributed by atoms with Gasteiger partial charge in [0.05, 0.1) is 13.2 Å². The standard InChI is InChI=1S/C28H43BrO2Si2/c1-27(2,3)32(7,8)30-20-24-17-16-23(26(29)18-22-14-12-11-13-15-22)19-25(24)21-31-33(9,10)28(4,5)6/h11-19H,20-21H2,1-10H3. The number of hydrogen-bond acceptors (Lipinski definition) is 2. The van der Waals surface area contributed by atoms with Crippen LogP contribution in [0.2, 0.25) is 36.3 Å². The van der Waals surface area contributed by atoms with Crippen molar-refractivity contribution in [2.45, 2.75) is 91.0 Å². The molecular formula is C28H43BrO2Si2. The van der Waals surface area contributed by atoms with Crippen molar-refractivity contribution in [3.8, 4) is 0 Å². The van der Waals surface area contributed by atoms with Gasteiger partial charge in [0, 0.05) is 4.48 Å². The zero-order valence-corrected chi connectivity index (χ0v) is 25.9. The highest BCUT2D eigenvalue weighted by Gasteiger charge is 2.38. The third kappa shape index (κ3) is 7.76. The predicted octanol–water partition coefficient (Wildman–Crippen LogP) is 9.62. The summed E-state index contributed by atoms with van der Waals surface area (Å²) in [5.74, 6) is 0. The average molecular weight is 548 g/mol. The molecule has 2 aromatic carbocycles. The van der Waals surface area contributed by atoms with Gasteiger partial charge in [0.2, 0.25) is 0 Å². The van der Waals surface area contributed by atoms with Gasteiger partial charge in [-0.1, -0.05) is 99.9 Å². The molecule has 0 heterocycles. The Kier molecular flexibility index (Phi) is 9.19. The largest absolute Gasteiger partial charge is 0.413 e. The van der Waals surface area contributed by atoms with Crippen molar-refractivity contribution in [2.24, 2.45) is 0 Å². The lowest BCUT2D eigenvalue weighted by molar-refractivity contribution is 0.257. The molecule has 0 radical (unpaired) electrons. The molecule has 0 aliphatic rings. The molecule has 0 unspecified atom stereocenters. The van der Waals surface area contributed by atoms with Gasteiger partial charge in [-0.2, -0.15) is 0 Å². The summed E-state index contributed by atoms with van der Waals surface area (Å²) in [7, 11) is -3.70. The molecule has 0 atom stereocenters. The van der Waals surface area contributed by atoms with E-state index >= 15 is 0 Å². The van der Waals surface area contributed by atoms with Crippen molar-refractivity contribution in [3.05, 3.63) is 70.8 Å². The zero-order chi connectivity index (χ0) is 25.1. The maximum Gasteiger partial charge on any atom is 0.192 e. The number of rotatable bonds is 8. The van der Waals surface area contributed by atoms with Gasteiger partial charge in [-0.3, -0.25) is 0 Å². The molecule has 5 heteroatoms. The molecule has 0 saturated heterocycles. The van der Waals surface area contributed by atoms with E-state index < -0.39 is 16.6 Å². The van der Waals surface area contributed by atoms with Crippen LogP contribution in [0.5, 0.6) is 0 Å². The van der Waals surface area contributed by atoms with Crippen LogP contribution in [-0.2, 0) is 22.1 Å². The second kappa shape index (κ2) is 10.7. The normalized spacial score (nSPS) is 14.0. The lowest BCUT2D eigenvalue weighted by Crippen LogP contribution is -2.41. The molecule has 0 N–H and O–H groups in total. The van der Waals surface area contributed by atoms with Crippen molar-refractivity contribution in [2.75, 3.05) is 0 Å². The van der Waals surface area contributed by atoms with E-state index in [9.17, 15) is 0 Å². The van der Waals surface area contributed by atoms with E-state index in [1.807, 2.05) is 6.07 Å². The first kappa shape index (κ1) is 28.3. The molecule has 0 aliphatic heterocycles. The Morgan fingerprint density at radius 2 is 1.24 bits per heavy atom. The Balaban J connectivity index is 2.37. The monoisotopic (exact) mass is 546 g/mol. The zero-order valence-electron chi connectivity index (χ0n) is 22.3. The van der Waals surface area contributed by atoms with Crippen LogP contribution in [0.3, 0.4) is 0 Å². The molecule has 0 aromatic heterocycles. The third-order valence-corrected chi connectivity index (χ3v) is 17.0. The summed E-state index contributed by atoms with van der Waals surface area (Å²) < 4.78 is 14.3. The fraction of sp³-hybridized carbons (Fsp3) is 0.500. The summed E-state index contributed by atoms with van der Waals surface area (Å²) in [6.07, 6.45) is 2.17. The van der Waals surface area contributed by atoms with Crippen LogP contribution < -0.4 is 0 Å². The molecule has 2 nitrogen and oxygen atoms in total. The maximum absolute atomic E-state index is 6.63. The molecule has 0 amide bonds. The third-order valence-electron chi connectivity index (χ3n) is 7.36. The minimum atomic E-state index is -1.86. The first-order valence-corrected chi connectivity index (χ1v) is 18.5. The molecule has 0 saturated carbocycles. The van der Waals surface area contributed by atoms with Crippen LogP contribution in [0.25, 0.3) is 10.6 Å². The van der Waals surface area contributed by atoms with Crippen molar-refractivity contribution in [3.63, 3.8) is 0 Å². The van der Waals surface area contributed by atoms with E-state index in [1.165, 1.54) is 16.7 Å². The van der Waals surface area contributed by atoms with Gasteiger partial charge in [0.1, 0.15) is 0 Å². The molecule has 0 spiro atoms. The first-order chi connectivity index (χ1) is 15.0. The lowest BCUT2D eigenvalue weighted by Gasteiger charge is -2.37. The summed E-state index contributed by atoms with van der Waals surface area (Å²) in [5, 5.41) is 0.363. The van der Waals surface area contributed by atoms with Crippen molar-refractivity contribution < 1.29 is 8.85 Å². The van der Waals surface area contributed by atoms with Gasteiger partial charge in [-0.25, -0.2) is 0 Å². The van der Waals surface area contributed by atoms with Crippen molar-refractivity contribution in [1.29, 1.82) is 0 Å². The molecule has 0 bridgehead atoms. The van der Waals surface area contributed by atoms with Crippen LogP contribution in [-0.4, -0.2) is 16.6 Å². The second-order valence-electron chi connectivity index (χ2n) is 12.0. The Hall–Kier alpha value is -0.986. The fourth-order valence-electron chi connectivity index (χ4n) is 2.78. The Morgan fingerprint density at radius 3 is 1.73 bits per heavy atom. The maximum atomic E-state index is 6.63. The highest BCUT2D eigenvalue weighted by atomic mass is 79.9. The summed E-state index contributed by atoms with van der Waals surface area (Å²) in [6, 6.07) is 17.1. The summed E-state index contributed by atoms with van der Waals surface area (Å²) >= 11 is 3.81. The molecule has 0 aliphatic carbocycles. The van der Waals surface area contributed by atoms with Gasteiger partial charge >= 0.3 is 0 Å². The molecule has 182 valence electrons. The number of hydrogen-bond donors (Lipinski definition) is 0. The van der Waals surface area contributed by atoms with Crippen LogP contribution in [0.4, 0.5) is 0 Å². The van der Waals surface area contributed by atoms with Gasteiger partial charge in [0.15, 0.2) is 16.6 Å². The summed E-state index contributed by atoms with van der Waals surface area (Å²) in [4.78, 5) is 0. The van der Waals surface area contributed by atoms with Gasteiger partial charge in [-0.05, 0) is 70.7 Å². The highest BCUT2D eigenvalue weighted by molar-refractivity contribution is 9.15. The number of benzene rings is 2. The molecule has 2 rings (SSSR count). The van der Waals surface area contributed by atoms with E-state index in [4.69, 9.17) is 8.85 Å². The van der Waals surface area contributed by atoms with E-state index in [1.54, 1.807) is 0 Å². The minimum absolute atomic E-state index is 0.177. The van der Waals surface area contributed by atoms with Gasteiger partial charge in [0.25, 0.3) is 0 Å². The Labute approximate surface area is 213 Å². The topological polar surface area (TPSA) is 18.5 Å². The minimum Gasteiger partial charge on any atom is -0.413 e.